The maximum atomic E-state index is 10.2. The maximum Gasteiger partial charge on any atom is 0.288 e. The van der Waals surface area contributed by atoms with Crippen LogP contribution in [0.5, 0.6) is 0 Å². The van der Waals surface area contributed by atoms with Crippen LogP contribution in [0.25, 0.3) is 0 Å². The molecule has 1 radical (unpaired) electrons. The highest BCUT2D eigenvalue weighted by molar-refractivity contribution is 6.35. The summed E-state index contributed by atoms with van der Waals surface area (Å²) in [6, 6.07) is 4.88. The highest BCUT2D eigenvalue weighted by Crippen LogP contribution is 2.26. The first-order valence-corrected chi connectivity index (χ1v) is 3.38. The Morgan fingerprint density at radius 1 is 1.55 bits per heavy atom. The van der Waals surface area contributed by atoms with Gasteiger partial charge in [-0.25, -0.2) is 0 Å². The van der Waals surface area contributed by atoms with Crippen LogP contribution in [-0.2, 0) is 0 Å². The smallest absolute Gasteiger partial charge is 0.258 e. The van der Waals surface area contributed by atoms with E-state index in [-0.39, 0.29) is 15.7 Å². The molecular formula is C6H2Cl2NO2. The summed E-state index contributed by atoms with van der Waals surface area (Å²) < 4.78 is 0. The molecule has 0 heterocycles. The van der Waals surface area contributed by atoms with Gasteiger partial charge in [0.2, 0.25) is 0 Å². The van der Waals surface area contributed by atoms with Gasteiger partial charge < -0.3 is 0 Å². The maximum absolute atomic E-state index is 10.2. The van der Waals surface area contributed by atoms with Crippen molar-refractivity contribution >= 4 is 28.9 Å². The van der Waals surface area contributed by atoms with Crippen molar-refractivity contribution in [1.29, 1.82) is 0 Å². The second-order valence-corrected chi connectivity index (χ2v) is 2.59. The van der Waals surface area contributed by atoms with Crippen molar-refractivity contribution in [2.75, 3.05) is 0 Å². The van der Waals surface area contributed by atoms with Gasteiger partial charge in [-0.1, -0.05) is 23.2 Å². The number of hydrogen-bond donors (Lipinski definition) is 0. The van der Waals surface area contributed by atoms with Gasteiger partial charge in [-0.15, -0.1) is 0 Å². The molecule has 0 saturated heterocycles. The highest BCUT2D eigenvalue weighted by atomic mass is 35.5. The summed E-state index contributed by atoms with van der Waals surface area (Å²) >= 11 is 10.9. The van der Waals surface area contributed by atoms with Crippen LogP contribution in [0.4, 0.5) is 5.69 Å². The standard InChI is InChI=1S/C6H2Cl2NO2/c7-4-1-2-6(9(10)11)5(8)3-4/h2-3H. The van der Waals surface area contributed by atoms with E-state index in [0.29, 0.717) is 0 Å². The SMILES string of the molecule is O=[N+]([O-])c1c[c]c(Cl)cc1Cl. The molecule has 0 saturated carbocycles. The minimum Gasteiger partial charge on any atom is -0.258 e. The first-order chi connectivity index (χ1) is 5.11. The Kier molecular flexibility index (Phi) is 2.31. The minimum absolute atomic E-state index is 0.0266. The van der Waals surface area contributed by atoms with Gasteiger partial charge in [-0.2, -0.15) is 0 Å². The molecule has 0 aromatic heterocycles. The molecule has 0 amide bonds. The van der Waals surface area contributed by atoms with Crippen molar-refractivity contribution in [3.8, 4) is 0 Å². The summed E-state index contributed by atoms with van der Waals surface area (Å²) in [4.78, 5) is 9.60. The molecule has 11 heavy (non-hydrogen) atoms. The van der Waals surface area contributed by atoms with E-state index in [4.69, 9.17) is 23.2 Å². The molecule has 1 aromatic carbocycles. The quantitative estimate of drug-likeness (QED) is 0.505. The molecule has 57 valence electrons. The van der Waals surface area contributed by atoms with Gasteiger partial charge >= 0.3 is 0 Å². The molecule has 0 fully saturated rings. The van der Waals surface area contributed by atoms with Crippen LogP contribution in [0.3, 0.4) is 0 Å². The molecule has 0 unspecified atom stereocenters. The van der Waals surface area contributed by atoms with Crippen LogP contribution in [0, 0.1) is 16.2 Å². The first-order valence-electron chi connectivity index (χ1n) is 2.62. The molecule has 0 aliphatic carbocycles. The van der Waals surface area contributed by atoms with E-state index >= 15 is 0 Å². The normalized spacial score (nSPS) is 9.64. The second kappa shape index (κ2) is 3.07. The van der Waals surface area contributed by atoms with Crippen molar-refractivity contribution in [2.45, 2.75) is 0 Å². The van der Waals surface area contributed by atoms with Crippen molar-refractivity contribution in [3.05, 3.63) is 38.4 Å². The highest BCUT2D eigenvalue weighted by Gasteiger charge is 2.10. The van der Waals surface area contributed by atoms with Crippen molar-refractivity contribution in [1.82, 2.24) is 0 Å². The molecular weight excluding hydrogens is 189 g/mol. The summed E-state index contributed by atoms with van der Waals surface area (Å²) in [5.74, 6) is 0. The average Bonchev–Trinajstić information content (AvgIpc) is 1.85. The largest absolute Gasteiger partial charge is 0.288 e. The predicted octanol–water partition coefficient (Wildman–Crippen LogP) is 2.70. The van der Waals surface area contributed by atoms with E-state index in [1.54, 1.807) is 0 Å². The fourth-order valence-corrected chi connectivity index (χ4v) is 1.03. The monoisotopic (exact) mass is 190 g/mol. The zero-order valence-electron chi connectivity index (χ0n) is 5.17. The Morgan fingerprint density at radius 2 is 2.18 bits per heavy atom. The fourth-order valence-electron chi connectivity index (χ4n) is 0.573. The number of hydrogen-bond acceptors (Lipinski definition) is 2. The van der Waals surface area contributed by atoms with Crippen LogP contribution < -0.4 is 0 Å². The van der Waals surface area contributed by atoms with Crippen molar-refractivity contribution < 1.29 is 4.92 Å². The molecule has 0 N–H and O–H groups in total. The Labute approximate surface area is 72.7 Å². The lowest BCUT2D eigenvalue weighted by Crippen LogP contribution is -1.87. The first kappa shape index (κ1) is 8.30. The van der Waals surface area contributed by atoms with Crippen LogP contribution in [-0.4, -0.2) is 4.92 Å². The topological polar surface area (TPSA) is 43.1 Å². The number of nitro benzene ring substituents is 1. The second-order valence-electron chi connectivity index (χ2n) is 1.77. The lowest BCUT2D eigenvalue weighted by Gasteiger charge is -1.93. The lowest BCUT2D eigenvalue weighted by molar-refractivity contribution is -0.384. The molecule has 0 aliphatic rings. The molecule has 3 nitrogen and oxygen atoms in total. The fraction of sp³-hybridized carbons (Fsp3) is 0. The van der Waals surface area contributed by atoms with Gasteiger partial charge in [0.1, 0.15) is 5.02 Å². The molecule has 1 aromatic rings. The molecule has 0 aliphatic heterocycles. The van der Waals surface area contributed by atoms with Crippen LogP contribution in [0.15, 0.2) is 12.1 Å². The van der Waals surface area contributed by atoms with Crippen molar-refractivity contribution in [3.63, 3.8) is 0 Å². The third-order valence-corrected chi connectivity index (χ3v) is 1.56. The number of halogens is 2. The van der Waals surface area contributed by atoms with E-state index in [0.717, 1.165) is 6.07 Å². The summed E-state index contributed by atoms with van der Waals surface area (Å²) in [7, 11) is 0. The zero-order chi connectivity index (χ0) is 8.43. The van der Waals surface area contributed by atoms with Crippen molar-refractivity contribution in [2.24, 2.45) is 0 Å². The number of nitrogens with zero attached hydrogens (tertiary/aromatic N) is 1. The number of benzene rings is 1. The summed E-state index contributed by atoms with van der Waals surface area (Å²) in [5, 5.41) is 10.5. The van der Waals surface area contributed by atoms with Gasteiger partial charge in [0.25, 0.3) is 5.69 Å². The number of nitro groups is 1. The summed E-state index contributed by atoms with van der Waals surface area (Å²) in [6.07, 6.45) is 0. The Hall–Kier alpha value is -0.800. The minimum atomic E-state index is -0.588. The summed E-state index contributed by atoms with van der Waals surface area (Å²) in [6.45, 7) is 0. The van der Waals surface area contributed by atoms with Crippen LogP contribution in [0.2, 0.25) is 10.0 Å². The van der Waals surface area contributed by atoms with E-state index in [9.17, 15) is 10.1 Å². The van der Waals surface area contributed by atoms with Gasteiger partial charge in [0.05, 0.1) is 9.95 Å². The van der Waals surface area contributed by atoms with E-state index < -0.39 is 4.92 Å². The number of rotatable bonds is 1. The van der Waals surface area contributed by atoms with Gasteiger partial charge in [0.15, 0.2) is 0 Å². The molecule has 0 bridgehead atoms. The van der Waals surface area contributed by atoms with E-state index in [1.807, 2.05) is 0 Å². The van der Waals surface area contributed by atoms with Gasteiger partial charge in [-0.3, -0.25) is 10.1 Å². The van der Waals surface area contributed by atoms with E-state index in [2.05, 4.69) is 6.07 Å². The molecule has 1 rings (SSSR count). The van der Waals surface area contributed by atoms with Crippen LogP contribution in [0.1, 0.15) is 0 Å². The van der Waals surface area contributed by atoms with Crippen LogP contribution >= 0.6 is 23.2 Å². The predicted molar refractivity (Wildman–Crippen MR) is 42.0 cm³/mol. The van der Waals surface area contributed by atoms with Gasteiger partial charge in [-0.05, 0) is 6.07 Å². The molecule has 5 heteroatoms. The summed E-state index contributed by atoms with van der Waals surface area (Å²) in [5.41, 5.74) is -0.184. The Balaban J connectivity index is 3.20. The lowest BCUT2D eigenvalue weighted by atomic mass is 10.3. The Morgan fingerprint density at radius 3 is 2.64 bits per heavy atom. The van der Waals surface area contributed by atoms with Gasteiger partial charge in [0, 0.05) is 12.1 Å². The third kappa shape index (κ3) is 1.82. The van der Waals surface area contributed by atoms with E-state index in [1.165, 1.54) is 6.07 Å². The Bertz CT molecular complexity index is 301. The average molecular weight is 191 g/mol. The third-order valence-electron chi connectivity index (χ3n) is 1.04. The zero-order valence-corrected chi connectivity index (χ0v) is 6.69. The molecule has 0 spiro atoms. The molecule has 0 atom stereocenters.